The van der Waals surface area contributed by atoms with Crippen LogP contribution in [-0.4, -0.2) is 37.0 Å². The third kappa shape index (κ3) is 7.14. The normalized spacial score (nSPS) is 15.7. The zero-order valence-electron chi connectivity index (χ0n) is 12.2. The number of nitrogens with one attached hydrogen (secondary N) is 1. The molecule has 0 spiro atoms. The molecule has 120 valence electrons. The van der Waals surface area contributed by atoms with Gasteiger partial charge in [-0.1, -0.05) is 30.3 Å². The SMILES string of the molecule is Cl.Cl.NC(CC(=O)NCCN1CCCC1)c1ccccc1. The molecule has 21 heavy (non-hydrogen) atoms. The monoisotopic (exact) mass is 333 g/mol. The number of hydrogen-bond donors (Lipinski definition) is 2. The van der Waals surface area contributed by atoms with Crippen LogP contribution in [0.1, 0.15) is 30.9 Å². The van der Waals surface area contributed by atoms with Gasteiger partial charge in [0.05, 0.1) is 0 Å². The Morgan fingerprint density at radius 3 is 2.43 bits per heavy atom. The van der Waals surface area contributed by atoms with Crippen LogP contribution in [0.3, 0.4) is 0 Å². The van der Waals surface area contributed by atoms with E-state index in [-0.39, 0.29) is 36.8 Å². The lowest BCUT2D eigenvalue weighted by atomic mass is 10.0. The first-order chi connectivity index (χ1) is 9.25. The van der Waals surface area contributed by atoms with E-state index >= 15 is 0 Å². The van der Waals surface area contributed by atoms with Crippen LogP contribution in [0.15, 0.2) is 30.3 Å². The Kier molecular flexibility index (Phi) is 10.4. The summed E-state index contributed by atoms with van der Waals surface area (Å²) in [5.41, 5.74) is 7.03. The van der Waals surface area contributed by atoms with E-state index in [1.165, 1.54) is 25.9 Å². The zero-order chi connectivity index (χ0) is 13.5. The average molecular weight is 334 g/mol. The second-order valence-electron chi connectivity index (χ2n) is 5.12. The van der Waals surface area contributed by atoms with Crippen LogP contribution < -0.4 is 11.1 Å². The van der Waals surface area contributed by atoms with Crippen molar-refractivity contribution in [3.05, 3.63) is 35.9 Å². The van der Waals surface area contributed by atoms with Crippen LogP contribution in [0.25, 0.3) is 0 Å². The Bertz CT molecular complexity index is 397. The lowest BCUT2D eigenvalue weighted by molar-refractivity contribution is -0.121. The van der Waals surface area contributed by atoms with Gasteiger partial charge in [-0.15, -0.1) is 24.8 Å². The van der Waals surface area contributed by atoms with Crippen molar-refractivity contribution in [2.75, 3.05) is 26.2 Å². The molecule has 3 N–H and O–H groups in total. The molecule has 6 heteroatoms. The van der Waals surface area contributed by atoms with Crippen LogP contribution in [0.5, 0.6) is 0 Å². The van der Waals surface area contributed by atoms with Crippen LogP contribution in [0, 0.1) is 0 Å². The molecule has 0 aliphatic carbocycles. The molecule has 1 aromatic rings. The van der Waals surface area contributed by atoms with E-state index in [1.54, 1.807) is 0 Å². The van der Waals surface area contributed by atoms with Crippen molar-refractivity contribution in [3.8, 4) is 0 Å². The first-order valence-corrected chi connectivity index (χ1v) is 7.05. The molecule has 1 aromatic carbocycles. The molecule has 1 saturated heterocycles. The predicted octanol–water partition coefficient (Wildman–Crippen LogP) is 2.13. The summed E-state index contributed by atoms with van der Waals surface area (Å²) >= 11 is 0. The van der Waals surface area contributed by atoms with Gasteiger partial charge in [0, 0.05) is 25.6 Å². The first kappa shape index (κ1) is 20.2. The van der Waals surface area contributed by atoms with Crippen LogP contribution >= 0.6 is 24.8 Å². The number of hydrogen-bond acceptors (Lipinski definition) is 3. The van der Waals surface area contributed by atoms with Crippen molar-refractivity contribution in [1.82, 2.24) is 10.2 Å². The number of nitrogens with zero attached hydrogens (tertiary/aromatic N) is 1. The summed E-state index contributed by atoms with van der Waals surface area (Å²) in [6, 6.07) is 9.55. The molecule has 0 radical (unpaired) electrons. The summed E-state index contributed by atoms with van der Waals surface area (Å²) < 4.78 is 0. The van der Waals surface area contributed by atoms with Crippen molar-refractivity contribution < 1.29 is 4.79 Å². The Balaban J connectivity index is 0.00000200. The molecule has 0 aromatic heterocycles. The highest BCUT2D eigenvalue weighted by Gasteiger charge is 2.13. The number of amides is 1. The lowest BCUT2D eigenvalue weighted by Crippen LogP contribution is -2.34. The van der Waals surface area contributed by atoms with Gasteiger partial charge in [0.25, 0.3) is 0 Å². The highest BCUT2D eigenvalue weighted by molar-refractivity contribution is 5.85. The van der Waals surface area contributed by atoms with Gasteiger partial charge in [-0.3, -0.25) is 4.79 Å². The summed E-state index contributed by atoms with van der Waals surface area (Å²) in [6.45, 7) is 4.01. The lowest BCUT2D eigenvalue weighted by Gasteiger charge is -2.16. The molecule has 1 atom stereocenters. The Morgan fingerprint density at radius 2 is 1.81 bits per heavy atom. The van der Waals surface area contributed by atoms with Crippen molar-refractivity contribution in [1.29, 1.82) is 0 Å². The maximum absolute atomic E-state index is 11.8. The van der Waals surface area contributed by atoms with Crippen LogP contribution in [-0.2, 0) is 4.79 Å². The fourth-order valence-electron chi connectivity index (χ4n) is 2.45. The molecule has 0 bridgehead atoms. The van der Waals surface area contributed by atoms with Gasteiger partial charge in [-0.2, -0.15) is 0 Å². The number of nitrogens with two attached hydrogens (primary N) is 1. The molecule has 0 saturated carbocycles. The molecular formula is C15H25Cl2N3O. The molecule has 1 fully saturated rings. The smallest absolute Gasteiger partial charge is 0.221 e. The van der Waals surface area contributed by atoms with Crippen LogP contribution in [0.2, 0.25) is 0 Å². The summed E-state index contributed by atoms with van der Waals surface area (Å²) in [4.78, 5) is 14.2. The highest BCUT2D eigenvalue weighted by atomic mass is 35.5. The minimum absolute atomic E-state index is 0. The molecule has 1 unspecified atom stereocenters. The van der Waals surface area contributed by atoms with Gasteiger partial charge in [-0.25, -0.2) is 0 Å². The largest absolute Gasteiger partial charge is 0.355 e. The molecular weight excluding hydrogens is 309 g/mol. The van der Waals surface area contributed by atoms with E-state index in [4.69, 9.17) is 5.73 Å². The quantitative estimate of drug-likeness (QED) is 0.838. The fourth-order valence-corrected chi connectivity index (χ4v) is 2.45. The topological polar surface area (TPSA) is 58.4 Å². The van der Waals surface area contributed by atoms with Gasteiger partial charge in [0.2, 0.25) is 5.91 Å². The standard InChI is InChI=1S/C15H23N3O.2ClH/c16-14(13-6-2-1-3-7-13)12-15(19)17-8-11-18-9-4-5-10-18;;/h1-3,6-7,14H,4-5,8-12,16H2,(H,17,19);2*1H. The van der Waals surface area contributed by atoms with Crippen molar-refractivity contribution in [2.24, 2.45) is 5.73 Å². The average Bonchev–Trinajstić information content (AvgIpc) is 2.93. The second kappa shape index (κ2) is 10.9. The maximum Gasteiger partial charge on any atom is 0.221 e. The minimum Gasteiger partial charge on any atom is -0.355 e. The highest BCUT2D eigenvalue weighted by Crippen LogP contribution is 2.12. The van der Waals surface area contributed by atoms with E-state index in [2.05, 4.69) is 10.2 Å². The van der Waals surface area contributed by atoms with Gasteiger partial charge in [-0.05, 0) is 31.5 Å². The van der Waals surface area contributed by atoms with E-state index in [1.807, 2.05) is 30.3 Å². The predicted molar refractivity (Wildman–Crippen MR) is 91.2 cm³/mol. The third-order valence-corrected chi connectivity index (χ3v) is 3.58. The first-order valence-electron chi connectivity index (χ1n) is 7.05. The Hall–Kier alpha value is -0.810. The number of likely N-dealkylation sites (tertiary alicyclic amines) is 1. The number of carbonyl (C=O) groups excluding carboxylic acids is 1. The third-order valence-electron chi connectivity index (χ3n) is 3.58. The molecule has 1 amide bonds. The number of halogens is 2. The second-order valence-corrected chi connectivity index (χ2v) is 5.12. The van der Waals surface area contributed by atoms with Gasteiger partial charge < -0.3 is 16.0 Å². The summed E-state index contributed by atoms with van der Waals surface area (Å²) in [7, 11) is 0. The molecule has 1 heterocycles. The summed E-state index contributed by atoms with van der Waals surface area (Å²) in [6.07, 6.45) is 2.92. The van der Waals surface area contributed by atoms with E-state index in [9.17, 15) is 4.79 Å². The summed E-state index contributed by atoms with van der Waals surface area (Å²) in [5.74, 6) is 0.0375. The molecule has 2 rings (SSSR count). The number of rotatable bonds is 6. The van der Waals surface area contributed by atoms with Gasteiger partial charge in [0.15, 0.2) is 0 Å². The maximum atomic E-state index is 11.8. The van der Waals surface area contributed by atoms with Gasteiger partial charge in [0.1, 0.15) is 0 Å². The van der Waals surface area contributed by atoms with E-state index in [0.717, 1.165) is 18.7 Å². The molecule has 1 aliphatic heterocycles. The van der Waals surface area contributed by atoms with Crippen molar-refractivity contribution >= 4 is 30.7 Å². The minimum atomic E-state index is -0.215. The van der Waals surface area contributed by atoms with Crippen molar-refractivity contribution in [3.63, 3.8) is 0 Å². The van der Waals surface area contributed by atoms with Crippen molar-refractivity contribution in [2.45, 2.75) is 25.3 Å². The van der Waals surface area contributed by atoms with E-state index in [0.29, 0.717) is 6.42 Å². The summed E-state index contributed by atoms with van der Waals surface area (Å²) in [5, 5.41) is 2.95. The fraction of sp³-hybridized carbons (Fsp3) is 0.533. The Morgan fingerprint density at radius 1 is 1.19 bits per heavy atom. The van der Waals surface area contributed by atoms with Gasteiger partial charge >= 0.3 is 0 Å². The van der Waals surface area contributed by atoms with E-state index < -0.39 is 0 Å². The zero-order valence-corrected chi connectivity index (χ0v) is 13.8. The Labute approximate surface area is 139 Å². The molecule has 1 aliphatic rings. The molecule has 4 nitrogen and oxygen atoms in total. The van der Waals surface area contributed by atoms with Crippen LogP contribution in [0.4, 0.5) is 0 Å². The number of carbonyl (C=O) groups is 1. The number of benzene rings is 1.